The van der Waals surface area contributed by atoms with Gasteiger partial charge in [-0.2, -0.15) is 0 Å². The van der Waals surface area contributed by atoms with E-state index in [1.54, 1.807) is 24.3 Å². The molecule has 5 N–H and O–H groups in total. The zero-order valence-electron chi connectivity index (χ0n) is 14.9. The highest BCUT2D eigenvalue weighted by Crippen LogP contribution is 2.28. The molecular formula is C19H17Cl2N5O2. The number of nitrogens with zero attached hydrogens (tertiary/aromatic N) is 2. The number of nitrogen functional groups attached to an aromatic ring is 2. The minimum Gasteiger partial charge on any atom is -0.489 e. The van der Waals surface area contributed by atoms with Crippen molar-refractivity contribution >= 4 is 40.3 Å². The van der Waals surface area contributed by atoms with Crippen LogP contribution in [0.3, 0.4) is 0 Å². The third-order valence-electron chi connectivity index (χ3n) is 3.99. The van der Waals surface area contributed by atoms with Crippen LogP contribution < -0.4 is 20.9 Å². The molecule has 0 aliphatic rings. The number of aromatic nitrogens is 2. The Balaban J connectivity index is 1.85. The number of ether oxygens (including phenoxy) is 2. The van der Waals surface area contributed by atoms with Crippen molar-refractivity contribution in [1.29, 1.82) is 5.41 Å². The third-order valence-corrected chi connectivity index (χ3v) is 4.64. The second kappa shape index (κ2) is 8.33. The van der Waals surface area contributed by atoms with Crippen molar-refractivity contribution in [2.24, 2.45) is 0 Å². The van der Waals surface area contributed by atoms with Gasteiger partial charge in [0.15, 0.2) is 0 Å². The van der Waals surface area contributed by atoms with Gasteiger partial charge in [-0.3, -0.25) is 10.4 Å². The summed E-state index contributed by atoms with van der Waals surface area (Å²) in [6, 6.07) is 6.64. The Kier molecular flexibility index (Phi) is 5.87. The fourth-order valence-electron chi connectivity index (χ4n) is 2.51. The molecule has 7 nitrogen and oxygen atoms in total. The van der Waals surface area contributed by atoms with Gasteiger partial charge in [-0.1, -0.05) is 23.2 Å². The number of nitrogens with one attached hydrogen (secondary N) is 1. The Bertz CT molecular complexity index is 1020. The van der Waals surface area contributed by atoms with Gasteiger partial charge < -0.3 is 20.9 Å². The van der Waals surface area contributed by atoms with Crippen molar-refractivity contribution in [3.05, 3.63) is 69.6 Å². The Labute approximate surface area is 171 Å². The zero-order chi connectivity index (χ0) is 20.3. The number of benzene rings is 1. The molecule has 3 rings (SSSR count). The maximum Gasteiger partial charge on any atom is 0.236 e. The van der Waals surface area contributed by atoms with E-state index < -0.39 is 0 Å². The number of methoxy groups -OCH3 is 1. The molecule has 3 aromatic rings. The average Bonchev–Trinajstić information content (AvgIpc) is 2.68. The Hall–Kier alpha value is -3.03. The van der Waals surface area contributed by atoms with Gasteiger partial charge in [0.25, 0.3) is 0 Å². The molecule has 0 aliphatic heterocycles. The fraction of sp³-hybridized carbons (Fsp3) is 0.105. The Morgan fingerprint density at radius 1 is 1.07 bits per heavy atom. The van der Waals surface area contributed by atoms with Crippen molar-refractivity contribution < 1.29 is 9.47 Å². The number of halogens is 2. The SMILES string of the molecule is COc1ncc(C(=N)c2cc(OCc3c(Cl)cncc3Cl)ccc2N)cc1N. The summed E-state index contributed by atoms with van der Waals surface area (Å²) in [4.78, 5) is 8.01. The molecule has 0 bridgehead atoms. The number of anilines is 2. The molecule has 0 atom stereocenters. The van der Waals surface area contributed by atoms with Crippen molar-refractivity contribution in [3.63, 3.8) is 0 Å². The van der Waals surface area contributed by atoms with E-state index in [0.717, 1.165) is 0 Å². The van der Waals surface area contributed by atoms with E-state index in [2.05, 4.69) is 9.97 Å². The molecule has 0 fully saturated rings. The van der Waals surface area contributed by atoms with E-state index in [-0.39, 0.29) is 12.3 Å². The van der Waals surface area contributed by atoms with E-state index in [9.17, 15) is 0 Å². The Morgan fingerprint density at radius 3 is 2.43 bits per heavy atom. The van der Waals surface area contributed by atoms with Gasteiger partial charge in [0.1, 0.15) is 12.4 Å². The molecule has 0 saturated carbocycles. The fourth-order valence-corrected chi connectivity index (χ4v) is 2.98. The summed E-state index contributed by atoms with van der Waals surface area (Å²) in [5.74, 6) is 0.806. The second-order valence-corrected chi connectivity index (χ2v) is 6.63. The van der Waals surface area contributed by atoms with E-state index in [1.807, 2.05) is 0 Å². The molecule has 0 aliphatic carbocycles. The van der Waals surface area contributed by atoms with Crippen molar-refractivity contribution in [2.45, 2.75) is 6.61 Å². The van der Waals surface area contributed by atoms with Gasteiger partial charge in [0, 0.05) is 41.0 Å². The molecule has 9 heteroatoms. The summed E-state index contributed by atoms with van der Waals surface area (Å²) < 4.78 is 10.8. The third kappa shape index (κ3) is 4.11. The van der Waals surface area contributed by atoms with Crippen LogP contribution in [-0.4, -0.2) is 22.8 Å². The van der Waals surface area contributed by atoms with Crippen LogP contribution in [-0.2, 0) is 6.61 Å². The van der Waals surface area contributed by atoms with Crippen molar-refractivity contribution in [2.75, 3.05) is 18.6 Å². The molecule has 0 amide bonds. The number of hydrogen-bond acceptors (Lipinski definition) is 7. The van der Waals surface area contributed by atoms with E-state index >= 15 is 0 Å². The monoisotopic (exact) mass is 417 g/mol. The first-order valence-corrected chi connectivity index (χ1v) is 8.85. The van der Waals surface area contributed by atoms with Crippen LogP contribution in [0, 0.1) is 5.41 Å². The maximum atomic E-state index is 8.47. The van der Waals surface area contributed by atoms with Gasteiger partial charge >= 0.3 is 0 Å². The molecule has 1 aromatic carbocycles. The van der Waals surface area contributed by atoms with Gasteiger partial charge in [-0.25, -0.2) is 4.98 Å². The molecule has 0 radical (unpaired) electrons. The minimum atomic E-state index is 0.147. The molecule has 0 spiro atoms. The first-order valence-electron chi connectivity index (χ1n) is 8.09. The highest BCUT2D eigenvalue weighted by Gasteiger charge is 2.14. The van der Waals surface area contributed by atoms with Crippen LogP contribution in [0.4, 0.5) is 11.4 Å². The molecule has 2 aromatic heterocycles. The minimum absolute atomic E-state index is 0.147. The molecule has 0 unspecified atom stereocenters. The van der Waals surface area contributed by atoms with Crippen molar-refractivity contribution in [1.82, 2.24) is 9.97 Å². The topological polar surface area (TPSA) is 120 Å². The standard InChI is InChI=1S/C19H17Cl2N5O2/c1-27-19-17(23)4-10(6-26-19)18(24)12-5-11(2-3-16(12)22)28-9-13-14(20)7-25-8-15(13)21/h2-8,24H,9,22-23H2,1H3. The number of rotatable bonds is 6. The predicted octanol–water partition coefficient (Wildman–Crippen LogP) is 3.95. The van der Waals surface area contributed by atoms with Crippen LogP contribution in [0.1, 0.15) is 16.7 Å². The first kappa shape index (κ1) is 19.7. The molecule has 144 valence electrons. The lowest BCUT2D eigenvalue weighted by atomic mass is 10.0. The number of nitrogens with two attached hydrogens (primary N) is 2. The lowest BCUT2D eigenvalue weighted by Crippen LogP contribution is -2.08. The van der Waals surface area contributed by atoms with Crippen LogP contribution in [0.15, 0.2) is 42.9 Å². The predicted molar refractivity (Wildman–Crippen MR) is 111 cm³/mol. The first-order chi connectivity index (χ1) is 13.4. The highest BCUT2D eigenvalue weighted by atomic mass is 35.5. The normalized spacial score (nSPS) is 10.5. The van der Waals surface area contributed by atoms with E-state index in [1.165, 1.54) is 25.7 Å². The summed E-state index contributed by atoms with van der Waals surface area (Å²) in [7, 11) is 1.48. The molecular weight excluding hydrogens is 401 g/mol. The van der Waals surface area contributed by atoms with Gasteiger partial charge in [-0.15, -0.1) is 0 Å². The summed E-state index contributed by atoms with van der Waals surface area (Å²) >= 11 is 12.2. The maximum absolute atomic E-state index is 8.47. The quantitative estimate of drug-likeness (QED) is 0.412. The summed E-state index contributed by atoms with van der Waals surface area (Å²) in [6.45, 7) is 0.147. The van der Waals surface area contributed by atoms with E-state index in [0.29, 0.717) is 49.7 Å². The van der Waals surface area contributed by atoms with Crippen LogP contribution >= 0.6 is 23.2 Å². The molecule has 28 heavy (non-hydrogen) atoms. The zero-order valence-corrected chi connectivity index (χ0v) is 16.4. The van der Waals surface area contributed by atoms with Crippen molar-refractivity contribution in [3.8, 4) is 11.6 Å². The van der Waals surface area contributed by atoms with E-state index in [4.69, 9.17) is 49.6 Å². The van der Waals surface area contributed by atoms with Crippen LogP contribution in [0.2, 0.25) is 10.0 Å². The van der Waals surface area contributed by atoms with Crippen LogP contribution in [0.25, 0.3) is 0 Å². The largest absolute Gasteiger partial charge is 0.489 e. The second-order valence-electron chi connectivity index (χ2n) is 5.82. The Morgan fingerprint density at radius 2 is 1.79 bits per heavy atom. The van der Waals surface area contributed by atoms with Gasteiger partial charge in [0.05, 0.1) is 28.6 Å². The summed E-state index contributed by atoms with van der Waals surface area (Å²) in [6.07, 6.45) is 4.50. The van der Waals surface area contributed by atoms with Gasteiger partial charge in [-0.05, 0) is 24.3 Å². The number of hydrogen-bond donors (Lipinski definition) is 3. The lowest BCUT2D eigenvalue weighted by Gasteiger charge is -2.13. The van der Waals surface area contributed by atoms with Crippen LogP contribution in [0.5, 0.6) is 11.6 Å². The summed E-state index contributed by atoms with van der Waals surface area (Å²) in [5, 5.41) is 9.30. The van der Waals surface area contributed by atoms with Gasteiger partial charge in [0.2, 0.25) is 5.88 Å². The lowest BCUT2D eigenvalue weighted by molar-refractivity contribution is 0.306. The highest BCUT2D eigenvalue weighted by molar-refractivity contribution is 6.35. The smallest absolute Gasteiger partial charge is 0.236 e. The molecule has 2 heterocycles. The molecule has 0 saturated heterocycles. The summed E-state index contributed by atoms with van der Waals surface area (Å²) in [5.41, 5.74) is 14.5. The average molecular weight is 418 g/mol. The number of pyridine rings is 2.